The lowest BCUT2D eigenvalue weighted by molar-refractivity contribution is 0.414. The first-order valence-corrected chi connectivity index (χ1v) is 8.77. The van der Waals surface area contributed by atoms with Crippen LogP contribution in [0.25, 0.3) is 0 Å². The number of rotatable bonds is 6. The summed E-state index contributed by atoms with van der Waals surface area (Å²) in [4.78, 5) is 2.27. The minimum atomic E-state index is -3.64. The zero-order chi connectivity index (χ0) is 15.5. The highest BCUT2D eigenvalue weighted by Gasteiger charge is 2.18. The maximum atomic E-state index is 12.3. The zero-order valence-corrected chi connectivity index (χ0v) is 13.6. The van der Waals surface area contributed by atoms with Crippen molar-refractivity contribution in [1.82, 2.24) is 4.72 Å². The van der Waals surface area contributed by atoms with Crippen LogP contribution in [0.1, 0.15) is 16.7 Å². The first-order valence-electron chi connectivity index (χ1n) is 6.47. The third-order valence-electron chi connectivity index (χ3n) is 3.01. The number of hydrogen-bond donors (Lipinski definition) is 2. The van der Waals surface area contributed by atoms with Gasteiger partial charge in [-0.25, -0.2) is 13.1 Å². The summed E-state index contributed by atoms with van der Waals surface area (Å²) in [7, 11) is -2.13. The lowest BCUT2D eigenvalue weighted by atomic mass is 10.3. The second-order valence-electron chi connectivity index (χ2n) is 4.45. The number of sulfonamides is 1. The summed E-state index contributed by atoms with van der Waals surface area (Å²) >= 11 is 1.60. The molecule has 2 rings (SSSR count). The molecule has 0 aliphatic rings. The number of nitrogen functional groups attached to an aromatic ring is 1. The molecule has 1 aromatic heterocycles. The van der Waals surface area contributed by atoms with Crippen molar-refractivity contribution in [2.45, 2.75) is 24.8 Å². The predicted octanol–water partition coefficient (Wildman–Crippen LogP) is 2.38. The van der Waals surface area contributed by atoms with E-state index in [1.54, 1.807) is 17.4 Å². The van der Waals surface area contributed by atoms with Crippen molar-refractivity contribution in [3.05, 3.63) is 40.1 Å². The highest BCUT2D eigenvalue weighted by atomic mass is 32.2. The van der Waals surface area contributed by atoms with E-state index < -0.39 is 10.0 Å². The summed E-state index contributed by atoms with van der Waals surface area (Å²) in [6, 6.07) is 8.46. The summed E-state index contributed by atoms with van der Waals surface area (Å²) < 4.78 is 32.1. The maximum Gasteiger partial charge on any atom is 0.242 e. The molecular formula is C14H18N2O3S2. The van der Waals surface area contributed by atoms with Crippen molar-refractivity contribution in [1.29, 1.82) is 0 Å². The fraction of sp³-hybridized carbons (Fsp3) is 0.286. The largest absolute Gasteiger partial charge is 0.497 e. The molecule has 0 amide bonds. The molecule has 0 bridgehead atoms. The Hall–Kier alpha value is -1.57. The molecule has 2 aromatic rings. The Morgan fingerprint density at radius 2 is 1.95 bits per heavy atom. The van der Waals surface area contributed by atoms with Crippen LogP contribution >= 0.6 is 11.3 Å². The first kappa shape index (κ1) is 15.8. The van der Waals surface area contributed by atoms with Crippen LogP contribution in [0.4, 0.5) is 5.69 Å². The molecule has 0 spiro atoms. The van der Waals surface area contributed by atoms with Crippen molar-refractivity contribution in [3.63, 3.8) is 0 Å². The number of anilines is 1. The minimum Gasteiger partial charge on any atom is -0.497 e. The van der Waals surface area contributed by atoms with Gasteiger partial charge in [-0.3, -0.25) is 0 Å². The molecule has 5 nitrogen and oxygen atoms in total. The van der Waals surface area contributed by atoms with Gasteiger partial charge in [0.1, 0.15) is 10.6 Å². The van der Waals surface area contributed by atoms with Crippen molar-refractivity contribution in [3.8, 4) is 5.75 Å². The second-order valence-corrected chi connectivity index (χ2v) is 7.44. The Morgan fingerprint density at radius 3 is 2.52 bits per heavy atom. The monoisotopic (exact) mass is 326 g/mol. The second kappa shape index (κ2) is 6.46. The molecule has 0 saturated carbocycles. The van der Waals surface area contributed by atoms with Crippen LogP contribution in [-0.2, 0) is 23.0 Å². The average Bonchev–Trinajstić information content (AvgIpc) is 2.93. The molecule has 114 valence electrons. The molecule has 0 aliphatic carbocycles. The van der Waals surface area contributed by atoms with Gasteiger partial charge in [0.2, 0.25) is 10.0 Å². The third kappa shape index (κ3) is 3.75. The van der Waals surface area contributed by atoms with Crippen molar-refractivity contribution >= 4 is 27.0 Å². The lowest BCUT2D eigenvalue weighted by Gasteiger charge is -2.09. The van der Waals surface area contributed by atoms with Crippen LogP contribution in [0.5, 0.6) is 5.75 Å². The summed E-state index contributed by atoms with van der Waals surface area (Å²) in [5.41, 5.74) is 5.95. The molecular weight excluding hydrogens is 308 g/mol. The van der Waals surface area contributed by atoms with E-state index in [9.17, 15) is 8.42 Å². The number of ether oxygens (including phenoxy) is 1. The van der Waals surface area contributed by atoms with Crippen molar-refractivity contribution < 1.29 is 13.2 Å². The van der Waals surface area contributed by atoms with Gasteiger partial charge in [-0.05, 0) is 30.7 Å². The number of nitrogens with two attached hydrogens (primary N) is 1. The van der Waals surface area contributed by atoms with Gasteiger partial charge in [0.15, 0.2) is 0 Å². The summed E-state index contributed by atoms with van der Waals surface area (Å²) in [5.74, 6) is 0.525. The Balaban J connectivity index is 2.14. The molecule has 0 radical (unpaired) electrons. The van der Waals surface area contributed by atoms with Crippen LogP contribution in [0.3, 0.4) is 0 Å². The molecule has 7 heteroatoms. The van der Waals surface area contributed by atoms with E-state index in [0.29, 0.717) is 5.75 Å². The van der Waals surface area contributed by atoms with Gasteiger partial charge in [0, 0.05) is 22.4 Å². The number of thiophene rings is 1. The van der Waals surface area contributed by atoms with Crippen molar-refractivity contribution in [2.75, 3.05) is 12.8 Å². The molecule has 0 fully saturated rings. The zero-order valence-electron chi connectivity index (χ0n) is 11.9. The van der Waals surface area contributed by atoms with Crippen molar-refractivity contribution in [2.24, 2.45) is 0 Å². The Bertz CT molecular complexity index is 724. The Morgan fingerprint density at radius 1 is 1.24 bits per heavy atom. The van der Waals surface area contributed by atoms with Gasteiger partial charge in [0.25, 0.3) is 0 Å². The van der Waals surface area contributed by atoms with Crippen LogP contribution < -0.4 is 15.2 Å². The van der Waals surface area contributed by atoms with Gasteiger partial charge in [0.05, 0.1) is 12.8 Å². The molecule has 3 N–H and O–H groups in total. The van der Waals surface area contributed by atoms with E-state index in [0.717, 1.165) is 11.3 Å². The number of methoxy groups -OCH3 is 1. The number of aryl methyl sites for hydroxylation is 1. The molecule has 21 heavy (non-hydrogen) atoms. The number of hydrogen-bond acceptors (Lipinski definition) is 5. The van der Waals surface area contributed by atoms with Crippen LogP contribution in [0.15, 0.2) is 35.2 Å². The normalized spacial score (nSPS) is 11.5. The van der Waals surface area contributed by atoms with Crippen LogP contribution in [0, 0.1) is 0 Å². The van der Waals surface area contributed by atoms with Crippen LogP contribution in [0.2, 0.25) is 0 Å². The molecule has 0 aliphatic heterocycles. The molecule has 0 unspecified atom stereocenters. The quantitative estimate of drug-likeness (QED) is 0.799. The average molecular weight is 326 g/mol. The van der Waals surface area contributed by atoms with Crippen LogP contribution in [-0.4, -0.2) is 15.5 Å². The van der Waals surface area contributed by atoms with E-state index in [2.05, 4.69) is 11.6 Å². The molecule has 0 saturated heterocycles. The molecule has 1 aromatic carbocycles. The summed E-state index contributed by atoms with van der Waals surface area (Å²) in [5, 5.41) is 0. The molecule has 0 atom stereocenters. The number of nitrogens with one attached hydrogen (secondary N) is 1. The van der Waals surface area contributed by atoms with E-state index in [1.807, 2.05) is 12.1 Å². The Labute approximate surface area is 128 Å². The van der Waals surface area contributed by atoms with Gasteiger partial charge >= 0.3 is 0 Å². The maximum absolute atomic E-state index is 12.3. The fourth-order valence-electron chi connectivity index (χ4n) is 1.85. The van der Waals surface area contributed by atoms with Gasteiger partial charge < -0.3 is 10.5 Å². The highest BCUT2D eigenvalue weighted by molar-refractivity contribution is 7.89. The fourth-order valence-corrected chi connectivity index (χ4v) is 3.96. The van der Waals surface area contributed by atoms with E-state index in [4.69, 9.17) is 10.5 Å². The SMILES string of the molecule is CCc1ccc(CNS(=O)(=O)c2ccc(OC)cc2N)s1. The predicted molar refractivity (Wildman–Crippen MR) is 85.1 cm³/mol. The number of benzene rings is 1. The smallest absolute Gasteiger partial charge is 0.242 e. The first-order chi connectivity index (χ1) is 9.96. The topological polar surface area (TPSA) is 81.4 Å². The lowest BCUT2D eigenvalue weighted by Crippen LogP contribution is -2.23. The third-order valence-corrected chi connectivity index (χ3v) is 5.71. The van der Waals surface area contributed by atoms with Gasteiger partial charge in [-0.1, -0.05) is 6.92 Å². The highest BCUT2D eigenvalue weighted by Crippen LogP contribution is 2.24. The van der Waals surface area contributed by atoms with Gasteiger partial charge in [-0.2, -0.15) is 0 Å². The standard InChI is InChI=1S/C14H18N2O3S2/c1-3-11-5-6-12(20-11)9-16-21(17,18)14-7-4-10(19-2)8-13(14)15/h4-8,16H,3,9,15H2,1-2H3. The minimum absolute atomic E-state index is 0.0653. The van der Waals surface area contributed by atoms with E-state index in [1.165, 1.54) is 24.1 Å². The van der Waals surface area contributed by atoms with Gasteiger partial charge in [-0.15, -0.1) is 11.3 Å². The summed E-state index contributed by atoms with van der Waals surface area (Å²) in [6.45, 7) is 2.33. The van der Waals surface area contributed by atoms with E-state index in [-0.39, 0.29) is 17.1 Å². The Kier molecular flexibility index (Phi) is 4.87. The molecule has 1 heterocycles. The summed E-state index contributed by atoms with van der Waals surface area (Å²) in [6.07, 6.45) is 0.947. The van der Waals surface area contributed by atoms with E-state index >= 15 is 0 Å².